The zero-order valence-corrected chi connectivity index (χ0v) is 11.4. The van der Waals surface area contributed by atoms with Crippen molar-refractivity contribution in [1.82, 2.24) is 0 Å². The van der Waals surface area contributed by atoms with E-state index < -0.39 is 48.3 Å². The standard InChI is InChI=1S/C11H14F7NS/c1-2-8(11(16,17)18)3-4-9(12,7-19)20-6-5-10(13,14)15/h8H,2-6H2,1H3. The Kier molecular flexibility index (Phi) is 7.14. The first-order valence-electron chi connectivity index (χ1n) is 5.81. The number of rotatable bonds is 7. The van der Waals surface area contributed by atoms with Gasteiger partial charge in [0, 0.05) is 12.2 Å². The first kappa shape index (κ1) is 19.4. The van der Waals surface area contributed by atoms with E-state index in [4.69, 9.17) is 5.26 Å². The molecular formula is C11H14F7NS. The van der Waals surface area contributed by atoms with Crippen molar-refractivity contribution in [1.29, 1.82) is 5.26 Å². The molecule has 0 aromatic rings. The van der Waals surface area contributed by atoms with Gasteiger partial charge >= 0.3 is 12.4 Å². The summed E-state index contributed by atoms with van der Waals surface area (Å²) in [5.41, 5.74) is 0. The summed E-state index contributed by atoms with van der Waals surface area (Å²) in [6, 6.07) is 1.16. The van der Waals surface area contributed by atoms with Crippen molar-refractivity contribution < 1.29 is 30.7 Å². The largest absolute Gasteiger partial charge is 0.391 e. The van der Waals surface area contributed by atoms with Crippen LogP contribution in [0, 0.1) is 17.2 Å². The Bertz CT molecular complexity index is 333. The number of alkyl halides is 7. The van der Waals surface area contributed by atoms with Crippen LogP contribution < -0.4 is 0 Å². The Hall–Kier alpha value is -0.650. The van der Waals surface area contributed by atoms with E-state index in [-0.39, 0.29) is 18.2 Å². The SMILES string of the molecule is CCC(CCC(F)(C#N)SCCC(F)(F)F)C(F)(F)F. The monoisotopic (exact) mass is 325 g/mol. The van der Waals surface area contributed by atoms with Gasteiger partial charge in [0.1, 0.15) is 6.07 Å². The van der Waals surface area contributed by atoms with Gasteiger partial charge in [0.05, 0.1) is 12.3 Å². The van der Waals surface area contributed by atoms with Gasteiger partial charge in [-0.05, 0) is 12.8 Å². The maximum absolute atomic E-state index is 13.8. The molecule has 2 atom stereocenters. The topological polar surface area (TPSA) is 23.8 Å². The van der Waals surface area contributed by atoms with Gasteiger partial charge in [-0.25, -0.2) is 4.39 Å². The van der Waals surface area contributed by atoms with Crippen LogP contribution >= 0.6 is 11.8 Å². The first-order chi connectivity index (χ1) is 8.93. The van der Waals surface area contributed by atoms with Crippen molar-refractivity contribution in [2.75, 3.05) is 5.75 Å². The number of nitrogens with zero attached hydrogens (tertiary/aromatic N) is 1. The molecule has 0 aromatic heterocycles. The van der Waals surface area contributed by atoms with Crippen molar-refractivity contribution in [3.05, 3.63) is 0 Å². The summed E-state index contributed by atoms with van der Waals surface area (Å²) in [6.45, 7) is 1.28. The van der Waals surface area contributed by atoms with Gasteiger partial charge in [0.2, 0.25) is 5.00 Å². The van der Waals surface area contributed by atoms with Gasteiger partial charge in [-0.15, -0.1) is 11.8 Å². The first-order valence-corrected chi connectivity index (χ1v) is 6.79. The molecule has 0 radical (unpaired) electrons. The van der Waals surface area contributed by atoms with Crippen LogP contribution in [0.4, 0.5) is 30.7 Å². The summed E-state index contributed by atoms with van der Waals surface area (Å²) in [4.78, 5) is 0. The van der Waals surface area contributed by atoms with Crippen molar-refractivity contribution in [3.63, 3.8) is 0 Å². The van der Waals surface area contributed by atoms with Crippen LogP contribution in [-0.4, -0.2) is 23.1 Å². The molecule has 1 nitrogen and oxygen atoms in total. The van der Waals surface area contributed by atoms with Crippen LogP contribution in [-0.2, 0) is 0 Å². The molecule has 118 valence electrons. The molecule has 0 aliphatic carbocycles. The smallest absolute Gasteiger partial charge is 0.215 e. The van der Waals surface area contributed by atoms with E-state index in [2.05, 4.69) is 0 Å². The average Bonchev–Trinajstić information content (AvgIpc) is 2.26. The highest BCUT2D eigenvalue weighted by atomic mass is 32.2. The lowest BCUT2D eigenvalue weighted by molar-refractivity contribution is -0.177. The summed E-state index contributed by atoms with van der Waals surface area (Å²) in [5.74, 6) is -2.45. The minimum atomic E-state index is -4.50. The highest BCUT2D eigenvalue weighted by Gasteiger charge is 2.41. The molecule has 0 N–H and O–H groups in total. The molecule has 0 fully saturated rings. The molecule has 0 aliphatic heterocycles. The van der Waals surface area contributed by atoms with Crippen molar-refractivity contribution in [3.8, 4) is 6.07 Å². The van der Waals surface area contributed by atoms with Crippen LogP contribution in [0.3, 0.4) is 0 Å². The van der Waals surface area contributed by atoms with Crippen molar-refractivity contribution in [2.24, 2.45) is 5.92 Å². The lowest BCUT2D eigenvalue weighted by Crippen LogP contribution is -2.26. The van der Waals surface area contributed by atoms with Crippen molar-refractivity contribution in [2.45, 2.75) is 50.0 Å². The molecule has 0 saturated heterocycles. The Balaban J connectivity index is 4.42. The van der Waals surface area contributed by atoms with E-state index in [1.807, 2.05) is 0 Å². The lowest BCUT2D eigenvalue weighted by Gasteiger charge is -2.22. The van der Waals surface area contributed by atoms with Crippen LogP contribution in [0.25, 0.3) is 0 Å². The summed E-state index contributed by atoms with van der Waals surface area (Å²) >= 11 is 0.0987. The molecule has 0 rings (SSSR count). The molecule has 0 spiro atoms. The zero-order chi connectivity index (χ0) is 16.0. The fourth-order valence-electron chi connectivity index (χ4n) is 1.45. The predicted octanol–water partition coefficient (Wildman–Crippen LogP) is 5.23. The Morgan fingerprint density at radius 2 is 1.60 bits per heavy atom. The quantitative estimate of drug-likeness (QED) is 0.598. The zero-order valence-electron chi connectivity index (χ0n) is 10.6. The third-order valence-electron chi connectivity index (χ3n) is 2.65. The van der Waals surface area contributed by atoms with Gasteiger partial charge in [0.15, 0.2) is 0 Å². The van der Waals surface area contributed by atoms with Crippen LogP contribution in [0.5, 0.6) is 0 Å². The van der Waals surface area contributed by atoms with Gasteiger partial charge < -0.3 is 0 Å². The molecule has 0 bridgehead atoms. The van der Waals surface area contributed by atoms with Crippen LogP contribution in [0.2, 0.25) is 0 Å². The predicted molar refractivity (Wildman–Crippen MR) is 61.7 cm³/mol. The van der Waals surface area contributed by atoms with Gasteiger partial charge in [-0.1, -0.05) is 6.92 Å². The molecule has 0 aliphatic rings. The van der Waals surface area contributed by atoms with Crippen molar-refractivity contribution >= 4 is 11.8 Å². The van der Waals surface area contributed by atoms with Crippen LogP contribution in [0.15, 0.2) is 0 Å². The molecule has 2 unspecified atom stereocenters. The minimum absolute atomic E-state index is 0.0987. The lowest BCUT2D eigenvalue weighted by atomic mass is 9.98. The van der Waals surface area contributed by atoms with Gasteiger partial charge in [-0.2, -0.15) is 31.6 Å². The number of thioether (sulfide) groups is 1. The summed E-state index contributed by atoms with van der Waals surface area (Å²) < 4.78 is 86.9. The third kappa shape index (κ3) is 7.82. The van der Waals surface area contributed by atoms with E-state index >= 15 is 0 Å². The Morgan fingerprint density at radius 3 is 1.95 bits per heavy atom. The summed E-state index contributed by atoms with van der Waals surface area (Å²) in [6.07, 6.45) is -11.9. The van der Waals surface area contributed by atoms with E-state index in [1.54, 1.807) is 0 Å². The van der Waals surface area contributed by atoms with Gasteiger partial charge in [-0.3, -0.25) is 0 Å². The third-order valence-corrected chi connectivity index (χ3v) is 3.81. The second kappa shape index (κ2) is 7.38. The van der Waals surface area contributed by atoms with Crippen LogP contribution in [0.1, 0.15) is 32.6 Å². The molecule has 0 saturated carbocycles. The minimum Gasteiger partial charge on any atom is -0.215 e. The molecule has 9 heteroatoms. The normalized spacial score (nSPS) is 17.4. The fourth-order valence-corrected chi connectivity index (χ4v) is 2.43. The number of nitriles is 1. The summed E-state index contributed by atoms with van der Waals surface area (Å²) in [7, 11) is 0. The molecule has 0 amide bonds. The molecular weight excluding hydrogens is 311 g/mol. The Morgan fingerprint density at radius 1 is 1.05 bits per heavy atom. The maximum atomic E-state index is 13.8. The van der Waals surface area contributed by atoms with E-state index in [0.717, 1.165) is 6.07 Å². The number of halogens is 7. The summed E-state index contributed by atoms with van der Waals surface area (Å²) in [5, 5.41) is 5.88. The molecule has 20 heavy (non-hydrogen) atoms. The average molecular weight is 325 g/mol. The number of hydrogen-bond donors (Lipinski definition) is 0. The highest BCUT2D eigenvalue weighted by molar-refractivity contribution is 8.00. The van der Waals surface area contributed by atoms with E-state index in [1.165, 1.54) is 6.92 Å². The second-order valence-electron chi connectivity index (χ2n) is 4.24. The highest BCUT2D eigenvalue weighted by Crippen LogP contribution is 2.39. The van der Waals surface area contributed by atoms with E-state index in [0.29, 0.717) is 0 Å². The second-order valence-corrected chi connectivity index (χ2v) is 5.58. The van der Waals surface area contributed by atoms with Gasteiger partial charge in [0.25, 0.3) is 0 Å². The maximum Gasteiger partial charge on any atom is 0.391 e. The Labute approximate surface area is 116 Å². The fraction of sp³-hybridized carbons (Fsp3) is 0.909. The molecule has 0 heterocycles. The van der Waals surface area contributed by atoms with E-state index in [9.17, 15) is 30.7 Å². The molecule has 0 aromatic carbocycles. The number of hydrogen-bond acceptors (Lipinski definition) is 2.